The molecule has 1 aliphatic heterocycles. The van der Waals surface area contributed by atoms with E-state index >= 15 is 0 Å². The molecule has 0 bridgehead atoms. The summed E-state index contributed by atoms with van der Waals surface area (Å²) in [5.41, 5.74) is 0.720. The van der Waals surface area contributed by atoms with Crippen LogP contribution in [0.25, 0.3) is 0 Å². The minimum Gasteiger partial charge on any atom is -0.469 e. The molecule has 1 N–H and O–H groups in total. The van der Waals surface area contributed by atoms with Crippen LogP contribution in [-0.2, 0) is 14.3 Å². The van der Waals surface area contributed by atoms with Gasteiger partial charge in [-0.25, -0.2) is 0 Å². The van der Waals surface area contributed by atoms with E-state index in [2.05, 4.69) is 10.1 Å². The van der Waals surface area contributed by atoms with Crippen molar-refractivity contribution < 1.29 is 23.8 Å². The SMILES string of the molecule is COC(=O)C[C@@H](NC(=O)CCl)c1ccc2c(c1)OCO2. The number of halogens is 1. The van der Waals surface area contributed by atoms with Crippen molar-refractivity contribution in [1.82, 2.24) is 5.32 Å². The van der Waals surface area contributed by atoms with Crippen LogP contribution in [0.15, 0.2) is 18.2 Å². The van der Waals surface area contributed by atoms with Crippen LogP contribution in [0.3, 0.4) is 0 Å². The lowest BCUT2D eigenvalue weighted by molar-refractivity contribution is -0.141. The van der Waals surface area contributed by atoms with Crippen LogP contribution in [0, 0.1) is 0 Å². The van der Waals surface area contributed by atoms with E-state index < -0.39 is 12.0 Å². The highest BCUT2D eigenvalue weighted by molar-refractivity contribution is 6.27. The predicted octanol–water partition coefficient (Wildman–Crippen LogP) is 1.37. The van der Waals surface area contributed by atoms with Gasteiger partial charge in [-0.05, 0) is 17.7 Å². The van der Waals surface area contributed by atoms with Crippen LogP contribution in [-0.4, -0.2) is 31.7 Å². The Morgan fingerprint density at radius 2 is 2.15 bits per heavy atom. The molecule has 0 saturated heterocycles. The topological polar surface area (TPSA) is 73.9 Å². The van der Waals surface area contributed by atoms with E-state index in [4.69, 9.17) is 21.1 Å². The number of amides is 1. The Kier molecular flexibility index (Phi) is 4.68. The number of nitrogens with one attached hydrogen (secondary N) is 1. The quantitative estimate of drug-likeness (QED) is 0.657. The molecule has 1 heterocycles. The smallest absolute Gasteiger partial charge is 0.307 e. The lowest BCUT2D eigenvalue weighted by Gasteiger charge is -2.18. The zero-order valence-electron chi connectivity index (χ0n) is 10.8. The van der Waals surface area contributed by atoms with Crippen LogP contribution >= 0.6 is 11.6 Å². The number of hydrogen-bond donors (Lipinski definition) is 1. The minimum absolute atomic E-state index is 0.0127. The first-order valence-electron chi connectivity index (χ1n) is 5.95. The standard InChI is InChI=1S/C13H14ClNO5/c1-18-13(17)5-9(15-12(16)6-14)8-2-3-10-11(4-8)20-7-19-10/h2-4,9H,5-7H2,1H3,(H,15,16)/t9-/m1/s1. The number of hydrogen-bond acceptors (Lipinski definition) is 5. The van der Waals surface area contributed by atoms with Crippen LogP contribution in [0.4, 0.5) is 0 Å². The molecule has 1 atom stereocenters. The highest BCUT2D eigenvalue weighted by Gasteiger charge is 2.22. The van der Waals surface area contributed by atoms with E-state index in [0.29, 0.717) is 11.5 Å². The molecule has 7 heteroatoms. The molecule has 0 aliphatic carbocycles. The third kappa shape index (κ3) is 3.33. The Morgan fingerprint density at radius 1 is 1.40 bits per heavy atom. The molecule has 1 amide bonds. The maximum Gasteiger partial charge on any atom is 0.307 e. The highest BCUT2D eigenvalue weighted by atomic mass is 35.5. The van der Waals surface area contributed by atoms with E-state index in [1.807, 2.05) is 0 Å². The summed E-state index contributed by atoms with van der Waals surface area (Å²) in [4.78, 5) is 22.9. The van der Waals surface area contributed by atoms with Crippen molar-refractivity contribution in [3.63, 3.8) is 0 Å². The van der Waals surface area contributed by atoms with Gasteiger partial charge in [-0.1, -0.05) is 6.07 Å². The van der Waals surface area contributed by atoms with Crippen LogP contribution in [0.5, 0.6) is 11.5 Å². The Bertz CT molecular complexity index is 501. The van der Waals surface area contributed by atoms with Crippen molar-refractivity contribution in [1.29, 1.82) is 0 Å². The molecule has 6 nitrogen and oxygen atoms in total. The summed E-state index contributed by atoms with van der Waals surface area (Å²) in [7, 11) is 1.29. The summed E-state index contributed by atoms with van der Waals surface area (Å²) in [6.45, 7) is 0.161. The molecule has 0 fully saturated rings. The second kappa shape index (κ2) is 6.47. The molecule has 0 saturated carbocycles. The fraction of sp³-hybridized carbons (Fsp3) is 0.385. The third-order valence-electron chi connectivity index (χ3n) is 2.85. The van der Waals surface area contributed by atoms with Gasteiger partial charge in [0, 0.05) is 0 Å². The molecule has 0 aromatic heterocycles. The number of alkyl halides is 1. The zero-order valence-corrected chi connectivity index (χ0v) is 11.6. The Morgan fingerprint density at radius 3 is 2.85 bits per heavy atom. The van der Waals surface area contributed by atoms with E-state index in [-0.39, 0.29) is 25.0 Å². The molecular weight excluding hydrogens is 286 g/mol. The predicted molar refractivity (Wildman–Crippen MR) is 70.8 cm³/mol. The van der Waals surface area contributed by atoms with E-state index in [0.717, 1.165) is 5.56 Å². The number of carbonyl (C=O) groups excluding carboxylic acids is 2. The molecule has 108 valence electrons. The minimum atomic E-state index is -0.525. The van der Waals surface area contributed by atoms with Crippen molar-refractivity contribution in [2.24, 2.45) is 0 Å². The molecule has 1 aromatic carbocycles. The number of rotatable bonds is 5. The molecule has 0 radical (unpaired) electrons. The first-order valence-corrected chi connectivity index (χ1v) is 6.49. The fourth-order valence-electron chi connectivity index (χ4n) is 1.86. The molecule has 1 aromatic rings. The van der Waals surface area contributed by atoms with E-state index in [9.17, 15) is 9.59 Å². The second-order valence-electron chi connectivity index (χ2n) is 4.15. The van der Waals surface area contributed by atoms with Gasteiger partial charge in [-0.15, -0.1) is 11.6 Å². The summed E-state index contributed by atoms with van der Waals surface area (Å²) in [6, 6.07) is 4.69. The first kappa shape index (κ1) is 14.5. The summed E-state index contributed by atoms with van der Waals surface area (Å²) >= 11 is 5.47. The monoisotopic (exact) mass is 299 g/mol. The number of methoxy groups -OCH3 is 1. The van der Waals surface area contributed by atoms with Crippen LogP contribution < -0.4 is 14.8 Å². The van der Waals surface area contributed by atoms with Crippen LogP contribution in [0.1, 0.15) is 18.0 Å². The molecule has 0 spiro atoms. The number of fused-ring (bicyclic) bond motifs is 1. The summed E-state index contributed by atoms with van der Waals surface area (Å²) in [5, 5.41) is 2.67. The maximum atomic E-state index is 11.4. The largest absolute Gasteiger partial charge is 0.469 e. The summed E-state index contributed by atoms with van der Waals surface area (Å²) < 4.78 is 15.1. The Labute approximate surface area is 120 Å². The second-order valence-corrected chi connectivity index (χ2v) is 4.41. The molecular formula is C13H14ClNO5. The van der Waals surface area contributed by atoms with Gasteiger partial charge in [-0.2, -0.15) is 0 Å². The van der Waals surface area contributed by atoms with Gasteiger partial charge in [0.05, 0.1) is 19.6 Å². The number of esters is 1. The first-order chi connectivity index (χ1) is 9.63. The van der Waals surface area contributed by atoms with Crippen molar-refractivity contribution in [2.75, 3.05) is 19.8 Å². The lowest BCUT2D eigenvalue weighted by Crippen LogP contribution is -2.31. The number of ether oxygens (including phenoxy) is 3. The molecule has 2 rings (SSSR count). The summed E-state index contributed by atoms with van der Waals surface area (Å²) in [5.74, 6) is 0.245. The average Bonchev–Trinajstić information content (AvgIpc) is 2.93. The van der Waals surface area contributed by atoms with Crippen LogP contribution in [0.2, 0.25) is 0 Å². The van der Waals surface area contributed by atoms with Gasteiger partial charge in [0.15, 0.2) is 11.5 Å². The average molecular weight is 300 g/mol. The molecule has 1 aliphatic rings. The zero-order chi connectivity index (χ0) is 14.5. The van der Waals surface area contributed by atoms with Gasteiger partial charge in [0.2, 0.25) is 12.7 Å². The lowest BCUT2D eigenvalue weighted by atomic mass is 10.0. The van der Waals surface area contributed by atoms with Crippen molar-refractivity contribution in [3.8, 4) is 11.5 Å². The molecule has 20 heavy (non-hydrogen) atoms. The Hall–Kier alpha value is -1.95. The number of carbonyl (C=O) groups is 2. The number of benzene rings is 1. The Balaban J connectivity index is 2.20. The van der Waals surface area contributed by atoms with Gasteiger partial charge < -0.3 is 19.5 Å². The van der Waals surface area contributed by atoms with Crippen molar-refractivity contribution in [2.45, 2.75) is 12.5 Å². The normalized spacial score (nSPS) is 13.7. The third-order valence-corrected chi connectivity index (χ3v) is 3.10. The fourth-order valence-corrected chi connectivity index (χ4v) is 1.94. The highest BCUT2D eigenvalue weighted by Crippen LogP contribution is 2.34. The van der Waals surface area contributed by atoms with Gasteiger partial charge in [0.1, 0.15) is 5.88 Å². The van der Waals surface area contributed by atoms with Gasteiger partial charge in [-0.3, -0.25) is 9.59 Å². The van der Waals surface area contributed by atoms with E-state index in [1.54, 1.807) is 18.2 Å². The van der Waals surface area contributed by atoms with Crippen molar-refractivity contribution >= 4 is 23.5 Å². The summed E-state index contributed by atoms with van der Waals surface area (Å²) in [6.07, 6.45) is 0.0127. The van der Waals surface area contributed by atoms with E-state index in [1.165, 1.54) is 7.11 Å². The molecule has 0 unspecified atom stereocenters. The van der Waals surface area contributed by atoms with Gasteiger partial charge >= 0.3 is 5.97 Å². The van der Waals surface area contributed by atoms with Gasteiger partial charge in [0.25, 0.3) is 0 Å². The van der Waals surface area contributed by atoms with Crippen molar-refractivity contribution in [3.05, 3.63) is 23.8 Å². The maximum absolute atomic E-state index is 11.4.